The SMILES string of the molecule is CCO[C@@H]1C[C@H]2C(=O)NC3(CCC3)C(=O)N(C)[C@@H](C3CCCC3)C(=O)N(CC)[C@H](C(=O)N3CCOCC3)CC(=O)N(C)[C@@H](CCC3CCCCC3)C(=O)N[C@@H]([C@@H](C)CC)C(=O)N(C)CC(=O)N(C)[C@H]3CCCCCN(C3=O)[C@@H](CC3CCC(C(F)(F)F)CC3)C(=O)N(C)CC(=O)N[C@@H](CCC3CC(F)C(C(F)(F)F)C(F)C3)C(=O)N2C1. The van der Waals surface area contributed by atoms with Gasteiger partial charge < -0.3 is 69.5 Å². The summed E-state index contributed by atoms with van der Waals surface area (Å²) in [6.45, 7) is 5.54. The number of likely N-dealkylation sites (N-methyl/N-ethyl adjacent to an activating group) is 6. The summed E-state index contributed by atoms with van der Waals surface area (Å²) in [5, 5.41) is 8.61. The Kier molecular flexibility index (Phi) is 33.1. The molecule has 34 heteroatoms. The monoisotopic (exact) mass is 1660 g/mol. The fourth-order valence-electron chi connectivity index (χ4n) is 19.8. The average Bonchev–Trinajstić information content (AvgIpc) is 1.24. The van der Waals surface area contributed by atoms with E-state index in [2.05, 4.69) is 16.0 Å². The van der Waals surface area contributed by atoms with Crippen molar-refractivity contribution in [3.63, 3.8) is 0 Å². The molecular weight excluding hydrogens is 1530 g/mol. The van der Waals surface area contributed by atoms with Crippen LogP contribution in [0.5, 0.6) is 0 Å². The highest BCUT2D eigenvalue weighted by molar-refractivity contribution is 6.01. The van der Waals surface area contributed by atoms with E-state index in [1.807, 2.05) is 6.92 Å². The number of hydrogen-bond donors (Lipinski definition) is 3. The van der Waals surface area contributed by atoms with Crippen molar-refractivity contribution < 1.29 is 102 Å². The van der Waals surface area contributed by atoms with Crippen LogP contribution in [-0.2, 0) is 67.0 Å². The van der Waals surface area contributed by atoms with Gasteiger partial charge in [0.15, 0.2) is 0 Å². The minimum Gasteiger partial charge on any atom is -0.378 e. The van der Waals surface area contributed by atoms with E-state index in [9.17, 15) is 35.9 Å². The van der Waals surface area contributed by atoms with E-state index in [0.717, 1.165) is 46.8 Å². The number of hydrogen-bond acceptors (Lipinski definition) is 14. The Morgan fingerprint density at radius 2 is 1.18 bits per heavy atom. The first-order valence-electron chi connectivity index (χ1n) is 42.9. The molecule has 4 saturated heterocycles. The van der Waals surface area contributed by atoms with Crippen LogP contribution in [0.4, 0.5) is 35.1 Å². The van der Waals surface area contributed by atoms with Crippen molar-refractivity contribution in [2.75, 3.05) is 101 Å². The number of amides is 12. The normalized spacial score (nSPS) is 32.2. The maximum absolute atomic E-state index is 16.1. The van der Waals surface area contributed by atoms with E-state index < -0.39 is 230 Å². The molecule has 5 aliphatic carbocycles. The van der Waals surface area contributed by atoms with E-state index in [1.54, 1.807) is 20.8 Å². The van der Waals surface area contributed by atoms with Gasteiger partial charge in [-0.2, -0.15) is 26.3 Å². The predicted octanol–water partition coefficient (Wildman–Crippen LogP) is 8.05. The molecule has 26 nitrogen and oxygen atoms in total. The maximum Gasteiger partial charge on any atom is 0.397 e. The first-order chi connectivity index (χ1) is 54.9. The van der Waals surface area contributed by atoms with Crippen molar-refractivity contribution in [3.05, 3.63) is 0 Å². The van der Waals surface area contributed by atoms with Gasteiger partial charge in [-0.3, -0.25) is 57.5 Å². The Hall–Kier alpha value is -7.00. The fourth-order valence-corrected chi connectivity index (χ4v) is 19.8. The largest absolute Gasteiger partial charge is 0.397 e. The average molecular weight is 1660 g/mol. The zero-order valence-electron chi connectivity index (χ0n) is 69.4. The van der Waals surface area contributed by atoms with Gasteiger partial charge in [-0.25, -0.2) is 8.78 Å². The summed E-state index contributed by atoms with van der Waals surface area (Å²) in [5.41, 5.74) is -1.70. The van der Waals surface area contributed by atoms with Crippen LogP contribution in [0.25, 0.3) is 0 Å². The molecule has 0 aromatic carbocycles. The quantitative estimate of drug-likeness (QED) is 0.131. The lowest BCUT2D eigenvalue weighted by atomic mass is 9.74. The summed E-state index contributed by atoms with van der Waals surface area (Å²) in [4.78, 5) is 196. The highest BCUT2D eigenvalue weighted by atomic mass is 19.4. The molecule has 116 heavy (non-hydrogen) atoms. The first kappa shape index (κ1) is 92.9. The molecule has 0 aromatic heterocycles. The van der Waals surface area contributed by atoms with Crippen LogP contribution in [0, 0.1) is 41.4 Å². The number of rotatable bonds is 15. The maximum atomic E-state index is 16.1. The number of nitrogens with one attached hydrogen (secondary N) is 3. The van der Waals surface area contributed by atoms with Gasteiger partial charge in [-0.1, -0.05) is 78.1 Å². The zero-order valence-corrected chi connectivity index (χ0v) is 69.4. The van der Waals surface area contributed by atoms with Crippen LogP contribution in [0.3, 0.4) is 0 Å². The molecule has 9 fully saturated rings. The topological polar surface area (TPSA) is 289 Å². The molecule has 4 aliphatic heterocycles. The van der Waals surface area contributed by atoms with Gasteiger partial charge in [-0.05, 0) is 159 Å². The second-order valence-corrected chi connectivity index (χ2v) is 34.8. The Balaban J connectivity index is 1.12. The second kappa shape index (κ2) is 41.3. The molecule has 12 atom stereocenters. The van der Waals surface area contributed by atoms with Crippen LogP contribution < -0.4 is 16.0 Å². The highest BCUT2D eigenvalue weighted by Crippen LogP contribution is 2.46. The van der Waals surface area contributed by atoms with E-state index in [0.29, 0.717) is 64.2 Å². The van der Waals surface area contributed by atoms with Gasteiger partial charge in [0.2, 0.25) is 70.9 Å². The number of ether oxygens (including phenoxy) is 2. The molecule has 0 radical (unpaired) electrons. The van der Waals surface area contributed by atoms with Crippen molar-refractivity contribution in [2.24, 2.45) is 41.4 Å². The van der Waals surface area contributed by atoms with Gasteiger partial charge in [0.25, 0.3) is 0 Å². The summed E-state index contributed by atoms with van der Waals surface area (Å²) in [6, 6.07) is -11.2. The number of nitrogens with zero attached hydrogens (tertiary/aromatic N) is 9. The van der Waals surface area contributed by atoms with Gasteiger partial charge in [0.1, 0.15) is 72.1 Å². The van der Waals surface area contributed by atoms with Gasteiger partial charge in [0, 0.05) is 81.0 Å². The van der Waals surface area contributed by atoms with Gasteiger partial charge >= 0.3 is 12.4 Å². The molecule has 1 spiro atoms. The van der Waals surface area contributed by atoms with Crippen molar-refractivity contribution >= 4 is 70.9 Å². The summed E-state index contributed by atoms with van der Waals surface area (Å²) >= 11 is 0. The molecule has 3 N–H and O–H groups in total. The second-order valence-electron chi connectivity index (χ2n) is 34.8. The van der Waals surface area contributed by atoms with E-state index in [4.69, 9.17) is 9.47 Å². The summed E-state index contributed by atoms with van der Waals surface area (Å²) in [7, 11) is 6.89. The Morgan fingerprint density at radius 1 is 0.569 bits per heavy atom. The number of carbonyl (C=O) groups is 12. The van der Waals surface area contributed by atoms with Crippen LogP contribution >= 0.6 is 0 Å². The van der Waals surface area contributed by atoms with Crippen molar-refractivity contribution in [1.82, 2.24) is 60.0 Å². The third-order valence-corrected chi connectivity index (χ3v) is 27.2. The lowest BCUT2D eigenvalue weighted by Gasteiger charge is -2.47. The molecule has 5 saturated carbocycles. The molecule has 0 aromatic rings. The minimum absolute atomic E-state index is 0.0104. The van der Waals surface area contributed by atoms with Crippen LogP contribution in [-0.4, -0.2) is 301 Å². The van der Waals surface area contributed by atoms with Crippen molar-refractivity contribution in [2.45, 2.75) is 305 Å². The smallest absolute Gasteiger partial charge is 0.378 e. The van der Waals surface area contributed by atoms with E-state index in [1.165, 1.54) is 64.6 Å². The predicted molar refractivity (Wildman–Crippen MR) is 411 cm³/mol. The lowest BCUT2D eigenvalue weighted by molar-refractivity contribution is -0.219. The molecular formula is C82H128F8N12O14. The summed E-state index contributed by atoms with van der Waals surface area (Å²) in [6.07, 6.45) is -9.75. The third kappa shape index (κ3) is 22.7. The number of halogens is 8. The molecule has 2 unspecified atom stereocenters. The Labute approximate surface area is 677 Å². The number of morpholine rings is 1. The lowest BCUT2D eigenvalue weighted by Crippen LogP contribution is -2.68. The standard InChI is InChI=1S/C82H128F8N12O14/c1-10-50(4)69-77(112)95(6)49-67(105)97(8)61-26-17-14-20-37-101(76(61)111)63(44-52-27-31-55(32-28-52)81(85,86)87)74(109)94(5)48-65(103)91-59(33-29-53-42-57(83)68(58(84)43-53)82(88,89)90)73(108)102-47-56(116-12-3)45-62(102)72(107)93-80(35-21-36-80)79(114)98(9)70(54-24-18-19-25-54)78(113)100(11-2)64(75(110)99-38-40-115-41-39-99)46-66(104)96(7)60(71(106)92-69)34-30-51-22-15-13-16-23-51/h50-64,68-70H,10-49H2,1-9H3,(H,91,103)(H,92,106)(H,93,107)/t50-,52?,53?,55?,56+,57?,58?,59-,60-,61-,62-,63-,64-,68?,69-,70-/m0/s1. The highest BCUT2D eigenvalue weighted by Gasteiger charge is 2.57. The first-order valence-corrected chi connectivity index (χ1v) is 42.9. The van der Waals surface area contributed by atoms with Crippen LogP contribution in [0.2, 0.25) is 0 Å². The van der Waals surface area contributed by atoms with Gasteiger partial charge in [-0.15, -0.1) is 0 Å². The van der Waals surface area contributed by atoms with Crippen molar-refractivity contribution in [1.29, 1.82) is 0 Å². The Bertz CT molecular complexity index is 3390. The molecule has 656 valence electrons. The minimum atomic E-state index is -5.22. The fraction of sp³-hybridized carbons (Fsp3) is 0.854. The molecule has 4 heterocycles. The molecule has 9 rings (SSSR count). The number of fused-ring (bicyclic) bond motifs is 3. The number of alkyl halides is 8. The van der Waals surface area contributed by atoms with E-state index in [-0.39, 0.29) is 129 Å². The molecule has 12 amide bonds. The molecule has 2 bridgehead atoms. The van der Waals surface area contributed by atoms with E-state index >= 15 is 56.7 Å². The van der Waals surface area contributed by atoms with Crippen LogP contribution in [0.15, 0.2) is 0 Å². The number of carbonyl (C=O) groups excluding carboxylic acids is 12. The molecule has 9 aliphatic rings. The Morgan fingerprint density at radius 3 is 1.78 bits per heavy atom. The zero-order chi connectivity index (χ0) is 84.8. The summed E-state index contributed by atoms with van der Waals surface area (Å²) in [5.74, 6) is -16.1. The van der Waals surface area contributed by atoms with Crippen molar-refractivity contribution in [3.8, 4) is 0 Å². The summed E-state index contributed by atoms with van der Waals surface area (Å²) < 4.78 is 128. The van der Waals surface area contributed by atoms with Crippen LogP contribution in [0.1, 0.15) is 220 Å². The third-order valence-electron chi connectivity index (χ3n) is 27.2. The van der Waals surface area contributed by atoms with Gasteiger partial charge in [0.05, 0.1) is 44.7 Å².